The van der Waals surface area contributed by atoms with Crippen LogP contribution >= 0.6 is 11.8 Å². The Kier molecular flexibility index (Phi) is 6.07. The van der Waals surface area contributed by atoms with E-state index in [1.165, 1.54) is 10.5 Å². The molecule has 0 amide bonds. The maximum atomic E-state index is 5.24. The smallest absolute Gasteiger partial charge is 0.0592 e. The largest absolute Gasteiger partial charge is 0.312 e. The molecule has 2 heteroatoms. The van der Waals surface area contributed by atoms with Gasteiger partial charge in [-0.3, -0.25) is 0 Å². The second-order valence-corrected chi connectivity index (χ2v) is 5.21. The van der Waals surface area contributed by atoms with Gasteiger partial charge in [0.25, 0.3) is 0 Å². The molecule has 1 aromatic rings. The quantitative estimate of drug-likeness (QED) is 0.598. The molecule has 1 nitrogen and oxygen atoms in total. The first kappa shape index (κ1) is 13.2. The summed E-state index contributed by atoms with van der Waals surface area (Å²) in [6, 6.07) is 8.54. The zero-order valence-corrected chi connectivity index (χ0v) is 10.8. The summed E-state index contributed by atoms with van der Waals surface area (Å²) in [5, 5.41) is 3.43. The maximum Gasteiger partial charge on any atom is 0.0592 e. The highest BCUT2D eigenvalue weighted by atomic mass is 32.2. The molecule has 0 spiro atoms. The van der Waals surface area contributed by atoms with Gasteiger partial charge in [0.05, 0.1) is 5.75 Å². The summed E-state index contributed by atoms with van der Waals surface area (Å²) in [6.45, 7) is 6.42. The highest BCUT2D eigenvalue weighted by Gasteiger charge is 1.97. The van der Waals surface area contributed by atoms with Crippen LogP contribution in [0.5, 0.6) is 0 Å². The van der Waals surface area contributed by atoms with Crippen molar-refractivity contribution in [2.45, 2.75) is 25.3 Å². The highest BCUT2D eigenvalue weighted by molar-refractivity contribution is 7.99. The monoisotopic (exact) mass is 233 g/mol. The minimum absolute atomic E-state index is 0.694. The molecule has 1 rings (SSSR count). The van der Waals surface area contributed by atoms with Crippen molar-refractivity contribution < 1.29 is 0 Å². The summed E-state index contributed by atoms with van der Waals surface area (Å²) in [4.78, 5) is 1.25. The van der Waals surface area contributed by atoms with Crippen molar-refractivity contribution in [1.29, 1.82) is 0 Å². The van der Waals surface area contributed by atoms with E-state index in [-0.39, 0.29) is 0 Å². The molecular weight excluding hydrogens is 214 g/mol. The van der Waals surface area contributed by atoms with Crippen molar-refractivity contribution in [2.24, 2.45) is 5.92 Å². The van der Waals surface area contributed by atoms with Crippen molar-refractivity contribution in [3.05, 3.63) is 29.8 Å². The summed E-state index contributed by atoms with van der Waals surface area (Å²) in [6.07, 6.45) is 5.24. The first-order valence-corrected chi connectivity index (χ1v) is 6.57. The van der Waals surface area contributed by atoms with E-state index in [1.807, 2.05) is 0 Å². The average Bonchev–Trinajstić information content (AvgIpc) is 2.26. The molecule has 1 N–H and O–H groups in total. The van der Waals surface area contributed by atoms with E-state index in [1.54, 1.807) is 11.8 Å². The van der Waals surface area contributed by atoms with Crippen LogP contribution in [-0.2, 0) is 6.54 Å². The lowest BCUT2D eigenvalue weighted by Gasteiger charge is -2.08. The number of hydrogen-bond donors (Lipinski definition) is 1. The summed E-state index contributed by atoms with van der Waals surface area (Å²) in [5.41, 5.74) is 1.32. The third-order valence-electron chi connectivity index (χ3n) is 2.10. The van der Waals surface area contributed by atoms with Crippen molar-refractivity contribution in [1.82, 2.24) is 5.32 Å². The molecule has 0 aromatic heterocycles. The summed E-state index contributed by atoms with van der Waals surface area (Å²) >= 11 is 1.71. The lowest BCUT2D eigenvalue weighted by Crippen LogP contribution is -2.18. The molecule has 0 bridgehead atoms. The predicted octanol–water partition coefficient (Wildman–Crippen LogP) is 3.16. The lowest BCUT2D eigenvalue weighted by atomic mass is 10.2. The van der Waals surface area contributed by atoms with E-state index in [0.717, 1.165) is 18.8 Å². The Morgan fingerprint density at radius 3 is 2.94 bits per heavy atom. The molecule has 1 aromatic carbocycles. The fourth-order valence-corrected chi connectivity index (χ4v) is 2.03. The SMILES string of the molecule is C#CCSc1cccc(CNCC(C)C)c1. The average molecular weight is 233 g/mol. The molecule has 0 aliphatic carbocycles. The normalized spacial score (nSPS) is 10.4. The second kappa shape index (κ2) is 7.38. The minimum atomic E-state index is 0.694. The predicted molar refractivity (Wildman–Crippen MR) is 72.5 cm³/mol. The number of benzene rings is 1. The number of thioether (sulfide) groups is 1. The first-order chi connectivity index (χ1) is 7.72. The van der Waals surface area contributed by atoms with Crippen LogP contribution in [0.15, 0.2) is 29.2 Å². The fraction of sp³-hybridized carbons (Fsp3) is 0.429. The van der Waals surface area contributed by atoms with Gasteiger partial charge in [0, 0.05) is 11.4 Å². The number of nitrogens with one attached hydrogen (secondary N) is 1. The Labute approximate surface area is 103 Å². The second-order valence-electron chi connectivity index (χ2n) is 4.16. The van der Waals surface area contributed by atoms with Crippen LogP contribution in [0, 0.1) is 18.3 Å². The Bertz CT molecular complexity index is 352. The van der Waals surface area contributed by atoms with E-state index in [4.69, 9.17) is 6.42 Å². The van der Waals surface area contributed by atoms with Crippen LogP contribution in [0.2, 0.25) is 0 Å². The van der Waals surface area contributed by atoms with Gasteiger partial charge >= 0.3 is 0 Å². The Morgan fingerprint density at radius 2 is 2.25 bits per heavy atom. The summed E-state index contributed by atoms with van der Waals surface area (Å²) in [7, 11) is 0. The molecule has 86 valence electrons. The molecule has 0 unspecified atom stereocenters. The topological polar surface area (TPSA) is 12.0 Å². The molecule has 16 heavy (non-hydrogen) atoms. The van der Waals surface area contributed by atoms with Crippen molar-refractivity contribution in [3.8, 4) is 12.3 Å². The van der Waals surface area contributed by atoms with Gasteiger partial charge < -0.3 is 5.32 Å². The number of rotatable bonds is 6. The fourth-order valence-electron chi connectivity index (χ4n) is 1.38. The van der Waals surface area contributed by atoms with Gasteiger partial charge in [0.1, 0.15) is 0 Å². The molecule has 0 fully saturated rings. The zero-order valence-electron chi connectivity index (χ0n) is 9.99. The van der Waals surface area contributed by atoms with E-state index in [2.05, 4.69) is 49.4 Å². The summed E-state index contributed by atoms with van der Waals surface area (Å²) in [5.74, 6) is 4.07. The maximum absolute atomic E-state index is 5.24. The third-order valence-corrected chi connectivity index (χ3v) is 3.00. The van der Waals surface area contributed by atoms with Gasteiger partial charge in [-0.25, -0.2) is 0 Å². The van der Waals surface area contributed by atoms with E-state index >= 15 is 0 Å². The van der Waals surface area contributed by atoms with Gasteiger partial charge in [-0.05, 0) is 30.2 Å². The number of hydrogen-bond acceptors (Lipinski definition) is 2. The van der Waals surface area contributed by atoms with Gasteiger partial charge in [0.2, 0.25) is 0 Å². The Morgan fingerprint density at radius 1 is 1.44 bits per heavy atom. The van der Waals surface area contributed by atoms with Crippen molar-refractivity contribution in [2.75, 3.05) is 12.3 Å². The van der Waals surface area contributed by atoms with Crippen LogP contribution in [0.1, 0.15) is 19.4 Å². The Balaban J connectivity index is 2.44. The molecule has 0 saturated carbocycles. The molecule has 0 atom stereocenters. The van der Waals surface area contributed by atoms with Gasteiger partial charge in [-0.2, -0.15) is 0 Å². The van der Waals surface area contributed by atoms with E-state index in [0.29, 0.717) is 5.92 Å². The van der Waals surface area contributed by atoms with Crippen molar-refractivity contribution in [3.63, 3.8) is 0 Å². The minimum Gasteiger partial charge on any atom is -0.312 e. The standard InChI is InChI=1S/C14H19NS/c1-4-8-16-14-7-5-6-13(9-14)11-15-10-12(2)3/h1,5-7,9,12,15H,8,10-11H2,2-3H3. The van der Waals surface area contributed by atoms with Crippen LogP contribution < -0.4 is 5.32 Å². The van der Waals surface area contributed by atoms with Crippen LogP contribution in [0.3, 0.4) is 0 Å². The first-order valence-electron chi connectivity index (χ1n) is 5.58. The highest BCUT2D eigenvalue weighted by Crippen LogP contribution is 2.18. The third kappa shape index (κ3) is 5.25. The molecule has 0 aliphatic rings. The molecule has 0 heterocycles. The van der Waals surface area contributed by atoms with E-state index < -0.39 is 0 Å². The Hall–Kier alpha value is -0.910. The molecular formula is C14H19NS. The molecule has 0 radical (unpaired) electrons. The van der Waals surface area contributed by atoms with Crippen LogP contribution in [0.25, 0.3) is 0 Å². The van der Waals surface area contributed by atoms with Crippen LogP contribution in [-0.4, -0.2) is 12.3 Å². The van der Waals surface area contributed by atoms with Gasteiger partial charge in [-0.15, -0.1) is 18.2 Å². The molecule has 0 aliphatic heterocycles. The van der Waals surface area contributed by atoms with Crippen LogP contribution in [0.4, 0.5) is 0 Å². The molecule has 0 saturated heterocycles. The van der Waals surface area contributed by atoms with E-state index in [9.17, 15) is 0 Å². The van der Waals surface area contributed by atoms with Gasteiger partial charge in [-0.1, -0.05) is 31.9 Å². The van der Waals surface area contributed by atoms with Gasteiger partial charge in [0.15, 0.2) is 0 Å². The zero-order chi connectivity index (χ0) is 11.8. The lowest BCUT2D eigenvalue weighted by molar-refractivity contribution is 0.552. The number of terminal acetylenes is 1. The van der Waals surface area contributed by atoms with Crippen molar-refractivity contribution >= 4 is 11.8 Å². The summed E-state index contributed by atoms with van der Waals surface area (Å²) < 4.78 is 0.